The first-order chi connectivity index (χ1) is 14.2. The van der Waals surface area contributed by atoms with Gasteiger partial charge in [-0.2, -0.15) is 0 Å². The van der Waals surface area contributed by atoms with Crippen molar-refractivity contribution in [1.82, 2.24) is 20.5 Å². The number of carbonyl (C=O) groups is 2. The molecule has 2 atom stereocenters. The Hall–Kier alpha value is -2.77. The number of pyridine rings is 1. The van der Waals surface area contributed by atoms with E-state index in [1.807, 2.05) is 30.3 Å². The maximum atomic E-state index is 13.0. The van der Waals surface area contributed by atoms with Crippen molar-refractivity contribution in [3.8, 4) is 0 Å². The minimum Gasteiger partial charge on any atom is -0.361 e. The molecule has 2 aromatic rings. The van der Waals surface area contributed by atoms with E-state index in [1.165, 1.54) is 0 Å². The molecule has 152 valence electrons. The fourth-order valence-corrected chi connectivity index (χ4v) is 4.16. The molecule has 0 aliphatic carbocycles. The zero-order valence-corrected chi connectivity index (χ0v) is 16.3. The van der Waals surface area contributed by atoms with Crippen molar-refractivity contribution >= 4 is 11.8 Å². The van der Waals surface area contributed by atoms with Crippen molar-refractivity contribution in [2.75, 3.05) is 32.8 Å². The maximum absolute atomic E-state index is 13.0. The minimum atomic E-state index is -1.12. The molecule has 0 radical (unpaired) electrons. The number of benzene rings is 1. The number of carbonyl (C=O) groups excluding carboxylic acids is 2. The molecule has 1 aromatic heterocycles. The second-order valence-corrected chi connectivity index (χ2v) is 7.60. The molecule has 2 fully saturated rings. The Morgan fingerprint density at radius 3 is 2.83 bits per heavy atom. The van der Waals surface area contributed by atoms with Gasteiger partial charge in [0.15, 0.2) is 5.60 Å². The van der Waals surface area contributed by atoms with E-state index >= 15 is 0 Å². The largest absolute Gasteiger partial charge is 0.361 e. The Balaban J connectivity index is 1.44. The monoisotopic (exact) mass is 394 g/mol. The van der Waals surface area contributed by atoms with Crippen LogP contribution in [0.25, 0.3) is 0 Å². The van der Waals surface area contributed by atoms with Crippen LogP contribution in [0.4, 0.5) is 0 Å². The molecule has 29 heavy (non-hydrogen) atoms. The molecule has 7 heteroatoms. The second-order valence-electron chi connectivity index (χ2n) is 7.60. The number of hydrogen-bond donors (Lipinski definition) is 2. The lowest BCUT2D eigenvalue weighted by Gasteiger charge is -2.36. The molecule has 2 saturated heterocycles. The van der Waals surface area contributed by atoms with Crippen LogP contribution in [0.1, 0.15) is 11.1 Å². The van der Waals surface area contributed by atoms with Crippen LogP contribution >= 0.6 is 0 Å². The molecule has 3 heterocycles. The third kappa shape index (κ3) is 4.31. The lowest BCUT2D eigenvalue weighted by Crippen LogP contribution is -2.62. The number of aromatic nitrogens is 1. The zero-order chi connectivity index (χ0) is 20.1. The fraction of sp³-hybridized carbons (Fsp3) is 0.409. The Labute approximate surface area is 170 Å². The third-order valence-electron chi connectivity index (χ3n) is 5.59. The summed E-state index contributed by atoms with van der Waals surface area (Å²) < 4.78 is 5.98. The van der Waals surface area contributed by atoms with Crippen LogP contribution in [0.5, 0.6) is 0 Å². The molecule has 2 amide bonds. The zero-order valence-electron chi connectivity index (χ0n) is 16.3. The molecule has 1 spiro atoms. The molecular formula is C22H26N4O3. The first-order valence-corrected chi connectivity index (χ1v) is 10.0. The summed E-state index contributed by atoms with van der Waals surface area (Å²) in [6.07, 6.45) is 4.22. The number of nitrogens with zero attached hydrogens (tertiary/aromatic N) is 2. The molecule has 0 unspecified atom stereocenters. The van der Waals surface area contributed by atoms with E-state index in [1.54, 1.807) is 12.4 Å². The van der Waals surface area contributed by atoms with Crippen LogP contribution in [-0.4, -0.2) is 60.1 Å². The Bertz CT molecular complexity index is 846. The van der Waals surface area contributed by atoms with Gasteiger partial charge < -0.3 is 15.4 Å². The first kappa shape index (κ1) is 19.5. The van der Waals surface area contributed by atoms with E-state index in [0.717, 1.165) is 11.1 Å². The predicted molar refractivity (Wildman–Crippen MR) is 108 cm³/mol. The highest BCUT2D eigenvalue weighted by Gasteiger charge is 2.57. The molecule has 0 saturated carbocycles. The van der Waals surface area contributed by atoms with Gasteiger partial charge >= 0.3 is 0 Å². The summed E-state index contributed by atoms with van der Waals surface area (Å²) in [5, 5.41) is 5.88. The summed E-state index contributed by atoms with van der Waals surface area (Å²) in [7, 11) is 0. The summed E-state index contributed by atoms with van der Waals surface area (Å²) in [6.45, 7) is 2.98. The minimum absolute atomic E-state index is 0.137. The Morgan fingerprint density at radius 2 is 2.07 bits per heavy atom. The van der Waals surface area contributed by atoms with Crippen LogP contribution in [0.2, 0.25) is 0 Å². The van der Waals surface area contributed by atoms with Gasteiger partial charge in [0.25, 0.3) is 5.91 Å². The molecule has 2 aliphatic heterocycles. The summed E-state index contributed by atoms with van der Waals surface area (Å²) in [6, 6.07) is 13.9. The number of ether oxygens (including phenoxy) is 1. The lowest BCUT2D eigenvalue weighted by atomic mass is 9.87. The van der Waals surface area contributed by atoms with E-state index in [9.17, 15) is 9.59 Å². The van der Waals surface area contributed by atoms with Gasteiger partial charge in [-0.25, -0.2) is 0 Å². The predicted octanol–water partition coefficient (Wildman–Crippen LogP) is 0.757. The normalized spacial score (nSPS) is 24.4. The summed E-state index contributed by atoms with van der Waals surface area (Å²) in [5.41, 5.74) is 1.09. The Kier molecular flexibility index (Phi) is 5.87. The SMILES string of the molecule is O=C(NCCc1cccnc1)[C@H]1CN(Cc2ccccc2)C[C@@]12OCCNC2=O. The highest BCUT2D eigenvalue weighted by Crippen LogP contribution is 2.34. The maximum Gasteiger partial charge on any atom is 0.254 e. The van der Waals surface area contributed by atoms with E-state index in [-0.39, 0.29) is 11.8 Å². The highest BCUT2D eigenvalue weighted by atomic mass is 16.5. The Morgan fingerprint density at radius 1 is 1.24 bits per heavy atom. The molecule has 2 N–H and O–H groups in total. The van der Waals surface area contributed by atoms with Gasteiger partial charge in [0.2, 0.25) is 5.91 Å². The van der Waals surface area contributed by atoms with Gasteiger partial charge in [0, 0.05) is 45.1 Å². The molecule has 4 rings (SSSR count). The molecule has 7 nitrogen and oxygen atoms in total. The quantitative estimate of drug-likeness (QED) is 0.756. The van der Waals surface area contributed by atoms with E-state index in [0.29, 0.717) is 45.8 Å². The van der Waals surface area contributed by atoms with Crippen LogP contribution < -0.4 is 10.6 Å². The molecule has 2 aliphatic rings. The second kappa shape index (κ2) is 8.71. The number of rotatable bonds is 6. The van der Waals surface area contributed by atoms with Gasteiger partial charge in [0.05, 0.1) is 12.5 Å². The average molecular weight is 394 g/mol. The fourth-order valence-electron chi connectivity index (χ4n) is 4.16. The van der Waals surface area contributed by atoms with Crippen LogP contribution in [-0.2, 0) is 27.3 Å². The van der Waals surface area contributed by atoms with Crippen LogP contribution in [0.15, 0.2) is 54.9 Å². The number of morpholine rings is 1. The van der Waals surface area contributed by atoms with Crippen molar-refractivity contribution in [3.05, 3.63) is 66.0 Å². The number of nitrogens with one attached hydrogen (secondary N) is 2. The summed E-state index contributed by atoms with van der Waals surface area (Å²) in [5.74, 6) is -0.867. The van der Waals surface area contributed by atoms with Gasteiger partial charge in [-0.05, 0) is 23.6 Å². The smallest absolute Gasteiger partial charge is 0.254 e. The van der Waals surface area contributed by atoms with E-state index in [2.05, 4.69) is 32.7 Å². The number of likely N-dealkylation sites (tertiary alicyclic amines) is 1. The number of hydrogen-bond acceptors (Lipinski definition) is 5. The standard InChI is InChI=1S/C22H26N4O3/c27-20(24-10-8-17-7-4-9-23-13-17)19-15-26(14-18-5-2-1-3-6-18)16-22(19)21(28)25-11-12-29-22/h1-7,9,13,19H,8,10-12,14-16H2,(H,24,27)(H,25,28)/t19-,22-/m1/s1. The first-order valence-electron chi connectivity index (χ1n) is 10.0. The van der Waals surface area contributed by atoms with Gasteiger partial charge in [0.1, 0.15) is 0 Å². The van der Waals surface area contributed by atoms with Gasteiger partial charge in [-0.3, -0.25) is 19.5 Å². The van der Waals surface area contributed by atoms with E-state index < -0.39 is 11.5 Å². The molecule has 1 aromatic carbocycles. The molecule has 0 bridgehead atoms. The average Bonchev–Trinajstić information content (AvgIpc) is 3.10. The van der Waals surface area contributed by atoms with Crippen molar-refractivity contribution < 1.29 is 14.3 Å². The lowest BCUT2D eigenvalue weighted by molar-refractivity contribution is -0.163. The summed E-state index contributed by atoms with van der Waals surface area (Å²) >= 11 is 0. The van der Waals surface area contributed by atoms with Gasteiger partial charge in [-0.15, -0.1) is 0 Å². The summed E-state index contributed by atoms with van der Waals surface area (Å²) in [4.78, 5) is 32.0. The molecular weight excluding hydrogens is 368 g/mol. The van der Waals surface area contributed by atoms with E-state index in [4.69, 9.17) is 4.74 Å². The van der Waals surface area contributed by atoms with Crippen molar-refractivity contribution in [2.24, 2.45) is 5.92 Å². The number of amides is 2. The van der Waals surface area contributed by atoms with Crippen molar-refractivity contribution in [1.29, 1.82) is 0 Å². The van der Waals surface area contributed by atoms with Gasteiger partial charge in [-0.1, -0.05) is 36.4 Å². The highest BCUT2D eigenvalue weighted by molar-refractivity contribution is 5.94. The van der Waals surface area contributed by atoms with Crippen molar-refractivity contribution in [2.45, 2.75) is 18.6 Å². The van der Waals surface area contributed by atoms with Crippen LogP contribution in [0, 0.1) is 5.92 Å². The third-order valence-corrected chi connectivity index (χ3v) is 5.59. The topological polar surface area (TPSA) is 83.6 Å². The van der Waals surface area contributed by atoms with Crippen LogP contribution in [0.3, 0.4) is 0 Å². The van der Waals surface area contributed by atoms with Crippen molar-refractivity contribution in [3.63, 3.8) is 0 Å².